The molecule has 1 heterocycles. The van der Waals surface area contributed by atoms with Crippen LogP contribution in [0.2, 0.25) is 0 Å². The van der Waals surface area contributed by atoms with Gasteiger partial charge in [-0.05, 0) is 6.42 Å². The van der Waals surface area contributed by atoms with Gasteiger partial charge in [-0.2, -0.15) is 0 Å². The van der Waals surface area contributed by atoms with Gasteiger partial charge in [0.25, 0.3) is 0 Å². The molecule has 2 atom stereocenters. The second-order valence-electron chi connectivity index (χ2n) is 2.63. The van der Waals surface area contributed by atoms with E-state index in [4.69, 9.17) is 10.8 Å². The van der Waals surface area contributed by atoms with Crippen molar-refractivity contribution in [2.45, 2.75) is 12.5 Å². The molecule has 1 amide bonds. The lowest BCUT2D eigenvalue weighted by molar-refractivity contribution is -0.148. The van der Waals surface area contributed by atoms with Gasteiger partial charge in [-0.1, -0.05) is 0 Å². The third-order valence-electron chi connectivity index (χ3n) is 1.69. The largest absolute Gasteiger partial charge is 0.481 e. The van der Waals surface area contributed by atoms with Crippen molar-refractivity contribution < 1.29 is 14.7 Å². The molecule has 62 valence electrons. The van der Waals surface area contributed by atoms with Crippen molar-refractivity contribution in [1.29, 1.82) is 0 Å². The van der Waals surface area contributed by atoms with Gasteiger partial charge in [-0.3, -0.25) is 9.59 Å². The highest BCUT2D eigenvalue weighted by molar-refractivity contribution is 5.97. The van der Waals surface area contributed by atoms with E-state index in [9.17, 15) is 9.59 Å². The summed E-state index contributed by atoms with van der Waals surface area (Å²) in [7, 11) is 0. The van der Waals surface area contributed by atoms with Gasteiger partial charge in [0.1, 0.15) is 5.92 Å². The molecule has 0 aliphatic carbocycles. The Labute approximate surface area is 63.6 Å². The lowest BCUT2D eigenvalue weighted by Crippen LogP contribution is -2.50. The summed E-state index contributed by atoms with van der Waals surface area (Å²) < 4.78 is 0. The van der Waals surface area contributed by atoms with Gasteiger partial charge in [0.15, 0.2) is 0 Å². The predicted molar refractivity (Wildman–Crippen MR) is 36.7 cm³/mol. The summed E-state index contributed by atoms with van der Waals surface area (Å²) in [5.41, 5.74) is 5.45. The second kappa shape index (κ2) is 2.87. The van der Waals surface area contributed by atoms with Crippen LogP contribution in [0.25, 0.3) is 0 Å². The molecule has 1 rings (SSSR count). The van der Waals surface area contributed by atoms with Crippen LogP contribution in [-0.4, -0.2) is 29.6 Å². The number of nitrogens with two attached hydrogens (primary N) is 1. The standard InChI is InChI=1S/C6H10N2O3/c7-3-1-4(6(10)11)5(9)8-2-3/h3-4H,1-2,7H2,(H,8,9)(H,10,11). The number of carboxylic acid groups (broad SMARTS) is 1. The normalized spacial score (nSPS) is 31.2. The van der Waals surface area contributed by atoms with E-state index in [1.54, 1.807) is 0 Å². The van der Waals surface area contributed by atoms with Crippen molar-refractivity contribution >= 4 is 11.9 Å². The Bertz CT molecular complexity index is 192. The SMILES string of the molecule is NC1CNC(=O)C(C(=O)O)C1. The summed E-state index contributed by atoms with van der Waals surface area (Å²) in [5.74, 6) is -2.49. The van der Waals surface area contributed by atoms with Crippen molar-refractivity contribution in [2.24, 2.45) is 11.7 Å². The van der Waals surface area contributed by atoms with Gasteiger partial charge in [0.2, 0.25) is 5.91 Å². The lowest BCUT2D eigenvalue weighted by Gasteiger charge is -2.23. The first-order valence-corrected chi connectivity index (χ1v) is 3.37. The quantitative estimate of drug-likeness (QED) is 0.406. The minimum Gasteiger partial charge on any atom is -0.481 e. The first-order chi connectivity index (χ1) is 5.11. The van der Waals surface area contributed by atoms with Gasteiger partial charge in [0.05, 0.1) is 0 Å². The van der Waals surface area contributed by atoms with Gasteiger partial charge in [-0.25, -0.2) is 0 Å². The Balaban J connectivity index is 2.61. The monoisotopic (exact) mass is 158 g/mol. The Morgan fingerprint density at radius 3 is 2.82 bits per heavy atom. The molecule has 0 aromatic rings. The fourth-order valence-corrected chi connectivity index (χ4v) is 1.06. The zero-order valence-corrected chi connectivity index (χ0v) is 5.91. The average molecular weight is 158 g/mol. The Morgan fingerprint density at radius 1 is 1.73 bits per heavy atom. The minimum absolute atomic E-state index is 0.228. The number of amides is 1. The molecule has 2 unspecified atom stereocenters. The molecule has 1 fully saturated rings. The van der Waals surface area contributed by atoms with Crippen LogP contribution in [0.4, 0.5) is 0 Å². The first-order valence-electron chi connectivity index (χ1n) is 3.37. The van der Waals surface area contributed by atoms with Crippen LogP contribution in [0.1, 0.15) is 6.42 Å². The van der Waals surface area contributed by atoms with Crippen molar-refractivity contribution in [3.05, 3.63) is 0 Å². The number of nitrogens with one attached hydrogen (secondary N) is 1. The highest BCUT2D eigenvalue weighted by Crippen LogP contribution is 2.10. The summed E-state index contributed by atoms with van der Waals surface area (Å²) in [6.07, 6.45) is 0.237. The zero-order valence-electron chi connectivity index (χ0n) is 5.91. The van der Waals surface area contributed by atoms with Crippen LogP contribution < -0.4 is 11.1 Å². The smallest absolute Gasteiger partial charge is 0.316 e. The molecule has 5 nitrogen and oxygen atoms in total. The van der Waals surface area contributed by atoms with E-state index < -0.39 is 17.8 Å². The summed E-state index contributed by atoms with van der Waals surface area (Å²) in [4.78, 5) is 21.2. The maximum absolute atomic E-state index is 10.8. The molecule has 0 radical (unpaired) electrons. The van der Waals surface area contributed by atoms with E-state index in [2.05, 4.69) is 5.32 Å². The Hall–Kier alpha value is -1.10. The highest BCUT2D eigenvalue weighted by Gasteiger charge is 2.31. The molecule has 5 heteroatoms. The van der Waals surface area contributed by atoms with E-state index in [0.717, 1.165) is 0 Å². The summed E-state index contributed by atoms with van der Waals surface area (Å²) in [6.45, 7) is 0.378. The highest BCUT2D eigenvalue weighted by atomic mass is 16.4. The van der Waals surface area contributed by atoms with Crippen molar-refractivity contribution in [1.82, 2.24) is 5.32 Å². The molecule has 11 heavy (non-hydrogen) atoms. The van der Waals surface area contributed by atoms with E-state index in [0.29, 0.717) is 6.54 Å². The predicted octanol–water partition coefficient (Wildman–Crippen LogP) is -1.47. The Kier molecular flexibility index (Phi) is 2.09. The topological polar surface area (TPSA) is 92.4 Å². The van der Waals surface area contributed by atoms with Gasteiger partial charge >= 0.3 is 5.97 Å². The van der Waals surface area contributed by atoms with Gasteiger partial charge < -0.3 is 16.2 Å². The maximum atomic E-state index is 10.8. The maximum Gasteiger partial charge on any atom is 0.316 e. The number of hydrogen-bond donors (Lipinski definition) is 3. The number of rotatable bonds is 1. The zero-order chi connectivity index (χ0) is 8.43. The van der Waals surface area contributed by atoms with Crippen molar-refractivity contribution in [3.8, 4) is 0 Å². The third kappa shape index (κ3) is 1.68. The first kappa shape index (κ1) is 8.00. The summed E-state index contributed by atoms with van der Waals surface area (Å²) in [6, 6.07) is -0.228. The molecule has 1 aliphatic heterocycles. The molecular formula is C6H10N2O3. The van der Waals surface area contributed by atoms with Crippen molar-refractivity contribution in [2.75, 3.05) is 6.54 Å². The number of aliphatic carboxylic acids is 1. The van der Waals surface area contributed by atoms with E-state index in [1.807, 2.05) is 0 Å². The number of piperidine rings is 1. The molecular weight excluding hydrogens is 148 g/mol. The molecule has 1 saturated heterocycles. The second-order valence-corrected chi connectivity index (χ2v) is 2.63. The number of carbonyl (C=O) groups is 2. The van der Waals surface area contributed by atoms with Crippen LogP contribution in [0, 0.1) is 5.92 Å². The number of carbonyl (C=O) groups excluding carboxylic acids is 1. The van der Waals surface area contributed by atoms with Crippen LogP contribution in [0.15, 0.2) is 0 Å². The molecule has 0 bridgehead atoms. The van der Waals surface area contributed by atoms with Gasteiger partial charge in [0, 0.05) is 12.6 Å². The fraction of sp³-hybridized carbons (Fsp3) is 0.667. The minimum atomic E-state index is -1.10. The van der Waals surface area contributed by atoms with Crippen molar-refractivity contribution in [3.63, 3.8) is 0 Å². The molecule has 0 aromatic carbocycles. The molecule has 0 aromatic heterocycles. The molecule has 0 spiro atoms. The van der Waals surface area contributed by atoms with E-state index >= 15 is 0 Å². The summed E-state index contributed by atoms with van der Waals surface area (Å²) >= 11 is 0. The van der Waals surface area contributed by atoms with Crippen LogP contribution in [0.3, 0.4) is 0 Å². The number of hydrogen-bond acceptors (Lipinski definition) is 3. The number of carboxylic acids is 1. The summed E-state index contributed by atoms with van der Waals surface area (Å²) in [5, 5.41) is 10.9. The molecule has 4 N–H and O–H groups in total. The Morgan fingerprint density at radius 2 is 2.36 bits per heavy atom. The van der Waals surface area contributed by atoms with E-state index in [-0.39, 0.29) is 12.5 Å². The van der Waals surface area contributed by atoms with Crippen LogP contribution in [0.5, 0.6) is 0 Å². The van der Waals surface area contributed by atoms with E-state index in [1.165, 1.54) is 0 Å². The molecule has 1 aliphatic rings. The fourth-order valence-electron chi connectivity index (χ4n) is 1.06. The lowest BCUT2D eigenvalue weighted by atomic mass is 9.96. The van der Waals surface area contributed by atoms with Crippen LogP contribution in [-0.2, 0) is 9.59 Å². The van der Waals surface area contributed by atoms with Gasteiger partial charge in [-0.15, -0.1) is 0 Å². The average Bonchev–Trinajstić information content (AvgIpc) is 1.94. The third-order valence-corrected chi connectivity index (χ3v) is 1.69. The van der Waals surface area contributed by atoms with Crippen LogP contribution >= 0.6 is 0 Å². The molecule has 0 saturated carbocycles.